The number of hydrogen-bond donors (Lipinski definition) is 3. The second kappa shape index (κ2) is 9.05. The van der Waals surface area contributed by atoms with Gasteiger partial charge < -0.3 is 9.84 Å². The van der Waals surface area contributed by atoms with Crippen molar-refractivity contribution in [3.05, 3.63) is 65.9 Å². The Kier molecular flexibility index (Phi) is 6.29. The van der Waals surface area contributed by atoms with Gasteiger partial charge in [-0.15, -0.1) is 0 Å². The van der Waals surface area contributed by atoms with E-state index >= 15 is 0 Å². The van der Waals surface area contributed by atoms with Crippen molar-refractivity contribution >= 4 is 11.6 Å². The summed E-state index contributed by atoms with van der Waals surface area (Å²) in [7, 11) is 0. The third-order valence-electron chi connectivity index (χ3n) is 4.17. The molecule has 0 radical (unpaired) electrons. The molecule has 2 aromatic carbocycles. The van der Waals surface area contributed by atoms with E-state index in [1.54, 1.807) is 37.3 Å². The molecule has 3 N–H and O–H groups in total. The number of aromatic hydroxyl groups is 1. The normalized spacial score (nSPS) is 11.5. The first-order chi connectivity index (χ1) is 13.9. The summed E-state index contributed by atoms with van der Waals surface area (Å²) in [4.78, 5) is 12.3. The lowest BCUT2D eigenvalue weighted by atomic mass is 10.1. The molecule has 29 heavy (non-hydrogen) atoms. The van der Waals surface area contributed by atoms with Gasteiger partial charge in [-0.1, -0.05) is 26.0 Å². The standard InChI is InChI=1S/C22H24N4O3/c1-14(2)13-29-17-10-8-16(9-11-17)19-12-20(25-24-19)22(28)26-23-15(3)18-6-4-5-7-21(18)27/h4-12,14,27H,13H2,1-3H3,(H,24,25)(H,26,28)/b23-15+. The first kappa shape index (κ1) is 20.1. The first-order valence-electron chi connectivity index (χ1n) is 9.35. The Labute approximate surface area is 169 Å². The fourth-order valence-corrected chi connectivity index (χ4v) is 2.61. The van der Waals surface area contributed by atoms with Gasteiger partial charge in [0.2, 0.25) is 0 Å². The van der Waals surface area contributed by atoms with Crippen LogP contribution in [0.1, 0.15) is 36.8 Å². The van der Waals surface area contributed by atoms with Crippen LogP contribution in [0.5, 0.6) is 11.5 Å². The fourth-order valence-electron chi connectivity index (χ4n) is 2.61. The van der Waals surface area contributed by atoms with Crippen LogP contribution in [0.25, 0.3) is 11.3 Å². The van der Waals surface area contributed by atoms with Crippen molar-refractivity contribution in [2.24, 2.45) is 11.0 Å². The molecule has 0 unspecified atom stereocenters. The number of H-pyrrole nitrogens is 1. The van der Waals surface area contributed by atoms with Crippen LogP contribution in [0.15, 0.2) is 59.7 Å². The van der Waals surface area contributed by atoms with Gasteiger partial charge in [0.15, 0.2) is 0 Å². The molecule has 0 aliphatic carbocycles. The number of hydrazone groups is 1. The predicted octanol–water partition coefficient (Wildman–Crippen LogP) is 3.97. The summed E-state index contributed by atoms with van der Waals surface area (Å²) in [6.07, 6.45) is 0. The van der Waals surface area contributed by atoms with Crippen LogP contribution in [0, 0.1) is 5.92 Å². The first-order valence-corrected chi connectivity index (χ1v) is 9.35. The average molecular weight is 392 g/mol. The molecule has 0 fully saturated rings. The number of amides is 1. The minimum Gasteiger partial charge on any atom is -0.507 e. The molecule has 0 saturated carbocycles. The number of ether oxygens (including phenoxy) is 1. The van der Waals surface area contributed by atoms with Crippen molar-refractivity contribution in [1.29, 1.82) is 0 Å². The Morgan fingerprint density at radius 2 is 1.93 bits per heavy atom. The van der Waals surface area contributed by atoms with E-state index in [-0.39, 0.29) is 11.4 Å². The number of nitrogens with one attached hydrogen (secondary N) is 2. The third-order valence-corrected chi connectivity index (χ3v) is 4.17. The highest BCUT2D eigenvalue weighted by molar-refractivity contribution is 6.02. The second-order valence-electron chi connectivity index (χ2n) is 7.05. The second-order valence-corrected chi connectivity index (χ2v) is 7.05. The summed E-state index contributed by atoms with van der Waals surface area (Å²) in [5.41, 5.74) is 5.32. The number of phenols is 1. The quantitative estimate of drug-likeness (QED) is 0.418. The maximum Gasteiger partial charge on any atom is 0.289 e. The van der Waals surface area contributed by atoms with Crippen LogP contribution in [-0.2, 0) is 0 Å². The number of aromatic nitrogens is 2. The molecule has 0 aliphatic rings. The van der Waals surface area contributed by atoms with Crippen LogP contribution in [0.2, 0.25) is 0 Å². The van der Waals surface area contributed by atoms with E-state index < -0.39 is 5.91 Å². The molecule has 3 rings (SSSR count). The molecular formula is C22H24N4O3. The van der Waals surface area contributed by atoms with Crippen LogP contribution in [0.3, 0.4) is 0 Å². The molecule has 0 spiro atoms. The lowest BCUT2D eigenvalue weighted by Crippen LogP contribution is -2.19. The van der Waals surface area contributed by atoms with Crippen LogP contribution >= 0.6 is 0 Å². The summed E-state index contributed by atoms with van der Waals surface area (Å²) >= 11 is 0. The molecule has 0 aliphatic heterocycles. The summed E-state index contributed by atoms with van der Waals surface area (Å²) in [6.45, 7) is 6.56. The Balaban J connectivity index is 1.65. The molecular weight excluding hydrogens is 368 g/mol. The molecule has 7 nitrogen and oxygen atoms in total. The smallest absolute Gasteiger partial charge is 0.289 e. The lowest BCUT2D eigenvalue weighted by molar-refractivity contribution is 0.0950. The van der Waals surface area contributed by atoms with E-state index in [2.05, 4.69) is 34.6 Å². The van der Waals surface area contributed by atoms with Gasteiger partial charge in [-0.3, -0.25) is 9.89 Å². The lowest BCUT2D eigenvalue weighted by Gasteiger charge is -2.08. The molecule has 0 atom stereocenters. The molecule has 1 heterocycles. The SMILES string of the molecule is C/C(=N\NC(=O)c1cc(-c2ccc(OCC(C)C)cc2)n[nH]1)c1ccccc1O. The Morgan fingerprint density at radius 1 is 1.21 bits per heavy atom. The van der Waals surface area contributed by atoms with Crippen molar-refractivity contribution in [3.63, 3.8) is 0 Å². The zero-order valence-electron chi connectivity index (χ0n) is 16.6. The summed E-state index contributed by atoms with van der Waals surface area (Å²) < 4.78 is 5.68. The van der Waals surface area contributed by atoms with Crippen molar-refractivity contribution in [3.8, 4) is 22.8 Å². The highest BCUT2D eigenvalue weighted by atomic mass is 16.5. The zero-order chi connectivity index (χ0) is 20.8. The largest absolute Gasteiger partial charge is 0.507 e. The van der Waals surface area contributed by atoms with Gasteiger partial charge >= 0.3 is 0 Å². The highest BCUT2D eigenvalue weighted by Gasteiger charge is 2.12. The molecule has 1 aromatic heterocycles. The number of aromatic amines is 1. The number of carbonyl (C=O) groups excluding carboxylic acids is 1. The number of rotatable bonds is 7. The van der Waals surface area contributed by atoms with E-state index in [1.807, 2.05) is 24.3 Å². The third kappa shape index (κ3) is 5.22. The van der Waals surface area contributed by atoms with Crippen LogP contribution in [-0.4, -0.2) is 33.5 Å². The minimum atomic E-state index is -0.421. The molecule has 7 heteroatoms. The summed E-state index contributed by atoms with van der Waals surface area (Å²) in [6, 6.07) is 16.0. The predicted molar refractivity (Wildman–Crippen MR) is 112 cm³/mol. The van der Waals surface area contributed by atoms with E-state index in [0.29, 0.717) is 29.5 Å². The van der Waals surface area contributed by atoms with Crippen molar-refractivity contribution < 1.29 is 14.6 Å². The van der Waals surface area contributed by atoms with Gasteiger partial charge in [0.05, 0.1) is 18.0 Å². The maximum atomic E-state index is 12.3. The monoisotopic (exact) mass is 392 g/mol. The highest BCUT2D eigenvalue weighted by Crippen LogP contribution is 2.22. The zero-order valence-corrected chi connectivity index (χ0v) is 16.6. The number of phenolic OH excluding ortho intramolecular Hbond substituents is 1. The van der Waals surface area contributed by atoms with Crippen molar-refractivity contribution in [2.45, 2.75) is 20.8 Å². The summed E-state index contributed by atoms with van der Waals surface area (Å²) in [5.74, 6) is 0.937. The molecule has 0 bridgehead atoms. The minimum absolute atomic E-state index is 0.104. The van der Waals surface area contributed by atoms with E-state index in [1.165, 1.54) is 0 Å². The number of para-hydroxylation sites is 1. The van der Waals surface area contributed by atoms with Gasteiger partial charge in [0.1, 0.15) is 17.2 Å². The number of hydrogen-bond acceptors (Lipinski definition) is 5. The van der Waals surface area contributed by atoms with Crippen molar-refractivity contribution in [1.82, 2.24) is 15.6 Å². The maximum absolute atomic E-state index is 12.3. The van der Waals surface area contributed by atoms with Gasteiger partial charge in [-0.25, -0.2) is 5.43 Å². The Morgan fingerprint density at radius 3 is 2.62 bits per heavy atom. The number of carbonyl (C=O) groups is 1. The fraction of sp³-hybridized carbons (Fsp3) is 0.227. The number of nitrogens with zero attached hydrogens (tertiary/aromatic N) is 2. The van der Waals surface area contributed by atoms with Crippen LogP contribution < -0.4 is 10.2 Å². The van der Waals surface area contributed by atoms with Gasteiger partial charge in [0.25, 0.3) is 5.91 Å². The summed E-state index contributed by atoms with van der Waals surface area (Å²) in [5, 5.41) is 20.8. The molecule has 150 valence electrons. The number of benzene rings is 2. The molecule has 3 aromatic rings. The van der Waals surface area contributed by atoms with Crippen LogP contribution in [0.4, 0.5) is 0 Å². The Hall–Kier alpha value is -3.61. The Bertz CT molecular complexity index is 1010. The van der Waals surface area contributed by atoms with E-state index in [4.69, 9.17) is 4.74 Å². The average Bonchev–Trinajstić information content (AvgIpc) is 3.21. The van der Waals surface area contributed by atoms with Gasteiger partial charge in [-0.2, -0.15) is 10.2 Å². The van der Waals surface area contributed by atoms with Gasteiger partial charge in [0, 0.05) is 11.1 Å². The van der Waals surface area contributed by atoms with E-state index in [9.17, 15) is 9.90 Å². The van der Waals surface area contributed by atoms with E-state index in [0.717, 1.165) is 11.3 Å². The topological polar surface area (TPSA) is 99.6 Å². The molecule has 1 amide bonds. The molecule has 0 saturated heterocycles. The van der Waals surface area contributed by atoms with Crippen molar-refractivity contribution in [2.75, 3.05) is 6.61 Å². The van der Waals surface area contributed by atoms with Gasteiger partial charge in [-0.05, 0) is 55.3 Å².